The first-order chi connectivity index (χ1) is 10.2. The number of likely N-dealkylation sites (N-methyl/N-ethyl adjacent to an activating group) is 1. The van der Waals surface area contributed by atoms with Crippen LogP contribution in [-0.2, 0) is 6.42 Å². The van der Waals surface area contributed by atoms with Crippen LogP contribution in [-0.4, -0.2) is 17.3 Å². The van der Waals surface area contributed by atoms with Gasteiger partial charge >= 0.3 is 0 Å². The standard InChI is InChI=1S/C17H21ClN2S/c1-3-20-17(11-14-9-10-19-12-16(14)18)13-5-7-15(8-6-13)21-4-2/h5-10,12,17,20H,3-4,11H2,1-2H3. The molecule has 0 amide bonds. The van der Waals surface area contributed by atoms with Crippen molar-refractivity contribution in [2.24, 2.45) is 0 Å². The summed E-state index contributed by atoms with van der Waals surface area (Å²) in [4.78, 5) is 5.37. The van der Waals surface area contributed by atoms with E-state index < -0.39 is 0 Å². The van der Waals surface area contributed by atoms with Crippen LogP contribution in [0.1, 0.15) is 31.0 Å². The number of thioether (sulfide) groups is 1. The molecule has 0 saturated carbocycles. The van der Waals surface area contributed by atoms with Gasteiger partial charge in [-0.3, -0.25) is 4.98 Å². The lowest BCUT2D eigenvalue weighted by molar-refractivity contribution is 0.549. The van der Waals surface area contributed by atoms with E-state index in [-0.39, 0.29) is 6.04 Å². The van der Waals surface area contributed by atoms with Crippen LogP contribution in [0, 0.1) is 0 Å². The molecule has 2 rings (SSSR count). The van der Waals surface area contributed by atoms with E-state index in [2.05, 4.69) is 48.4 Å². The van der Waals surface area contributed by atoms with E-state index in [1.165, 1.54) is 10.5 Å². The minimum Gasteiger partial charge on any atom is -0.310 e. The van der Waals surface area contributed by atoms with Crippen molar-refractivity contribution in [3.63, 3.8) is 0 Å². The predicted molar refractivity (Wildman–Crippen MR) is 92.2 cm³/mol. The fourth-order valence-corrected chi connectivity index (χ4v) is 3.17. The zero-order valence-electron chi connectivity index (χ0n) is 12.5. The van der Waals surface area contributed by atoms with Gasteiger partial charge in [0, 0.05) is 23.3 Å². The largest absolute Gasteiger partial charge is 0.310 e. The van der Waals surface area contributed by atoms with Gasteiger partial charge in [-0.1, -0.05) is 37.6 Å². The van der Waals surface area contributed by atoms with Crippen molar-refractivity contribution in [2.75, 3.05) is 12.3 Å². The Balaban J connectivity index is 2.16. The Bertz CT molecular complexity index is 557. The van der Waals surface area contributed by atoms with Crippen LogP contribution in [0.25, 0.3) is 0 Å². The van der Waals surface area contributed by atoms with Crippen LogP contribution in [0.5, 0.6) is 0 Å². The number of hydrogen-bond donors (Lipinski definition) is 1. The Hall–Kier alpha value is -1.03. The molecule has 0 aliphatic rings. The van der Waals surface area contributed by atoms with Crippen LogP contribution in [0.3, 0.4) is 0 Å². The van der Waals surface area contributed by atoms with E-state index in [1.54, 1.807) is 12.4 Å². The molecule has 1 atom stereocenters. The summed E-state index contributed by atoms with van der Waals surface area (Å²) < 4.78 is 0. The summed E-state index contributed by atoms with van der Waals surface area (Å²) in [5.41, 5.74) is 2.43. The highest BCUT2D eigenvalue weighted by Crippen LogP contribution is 2.25. The number of nitrogens with zero attached hydrogens (tertiary/aromatic N) is 1. The Morgan fingerprint density at radius 1 is 1.19 bits per heavy atom. The Morgan fingerprint density at radius 2 is 1.95 bits per heavy atom. The number of nitrogens with one attached hydrogen (secondary N) is 1. The lowest BCUT2D eigenvalue weighted by atomic mass is 9.99. The third-order valence-corrected chi connectivity index (χ3v) is 4.56. The molecule has 1 unspecified atom stereocenters. The van der Waals surface area contributed by atoms with Crippen molar-refractivity contribution in [1.29, 1.82) is 0 Å². The van der Waals surface area contributed by atoms with Gasteiger partial charge in [0.1, 0.15) is 0 Å². The lowest BCUT2D eigenvalue weighted by Gasteiger charge is -2.19. The maximum absolute atomic E-state index is 6.23. The monoisotopic (exact) mass is 320 g/mol. The molecule has 2 aromatic rings. The molecule has 0 aliphatic carbocycles. The van der Waals surface area contributed by atoms with E-state index in [1.807, 2.05) is 17.8 Å². The molecule has 4 heteroatoms. The molecule has 0 aliphatic heterocycles. The maximum Gasteiger partial charge on any atom is 0.0622 e. The summed E-state index contributed by atoms with van der Waals surface area (Å²) in [6.45, 7) is 5.23. The topological polar surface area (TPSA) is 24.9 Å². The molecule has 1 aromatic carbocycles. The zero-order valence-corrected chi connectivity index (χ0v) is 14.0. The summed E-state index contributed by atoms with van der Waals surface area (Å²) in [6, 6.07) is 11.1. The number of halogens is 1. The second-order valence-corrected chi connectivity index (χ2v) is 6.53. The molecule has 1 heterocycles. The molecular weight excluding hydrogens is 300 g/mol. The molecule has 0 fully saturated rings. The Kier molecular flexibility index (Phi) is 6.55. The maximum atomic E-state index is 6.23. The van der Waals surface area contributed by atoms with Crippen molar-refractivity contribution < 1.29 is 0 Å². The third-order valence-electron chi connectivity index (χ3n) is 3.32. The fraction of sp³-hybridized carbons (Fsp3) is 0.353. The first kappa shape index (κ1) is 16.3. The second-order valence-electron chi connectivity index (χ2n) is 4.78. The number of benzene rings is 1. The summed E-state index contributed by atoms with van der Waals surface area (Å²) >= 11 is 8.09. The van der Waals surface area contributed by atoms with Gasteiger partial charge in [-0.15, -0.1) is 11.8 Å². The van der Waals surface area contributed by atoms with E-state index in [9.17, 15) is 0 Å². The van der Waals surface area contributed by atoms with Crippen LogP contribution >= 0.6 is 23.4 Å². The minimum absolute atomic E-state index is 0.274. The van der Waals surface area contributed by atoms with Crippen LogP contribution < -0.4 is 5.32 Å². The predicted octanol–water partition coefficient (Wildman–Crippen LogP) is 4.74. The molecule has 0 saturated heterocycles. The number of aromatic nitrogens is 1. The summed E-state index contributed by atoms with van der Waals surface area (Å²) in [5.74, 6) is 1.10. The van der Waals surface area contributed by atoms with Crippen molar-refractivity contribution >= 4 is 23.4 Å². The average Bonchev–Trinajstić information content (AvgIpc) is 2.50. The van der Waals surface area contributed by atoms with E-state index in [4.69, 9.17) is 11.6 Å². The normalized spacial score (nSPS) is 12.3. The highest BCUT2D eigenvalue weighted by molar-refractivity contribution is 7.99. The van der Waals surface area contributed by atoms with Gasteiger partial charge in [0.2, 0.25) is 0 Å². The molecule has 1 N–H and O–H groups in total. The van der Waals surface area contributed by atoms with Gasteiger partial charge in [0.25, 0.3) is 0 Å². The molecule has 0 radical (unpaired) electrons. The van der Waals surface area contributed by atoms with E-state index in [0.29, 0.717) is 0 Å². The van der Waals surface area contributed by atoms with Crippen molar-refractivity contribution in [2.45, 2.75) is 31.2 Å². The van der Waals surface area contributed by atoms with E-state index in [0.717, 1.165) is 29.3 Å². The summed E-state index contributed by atoms with van der Waals surface area (Å²) in [5, 5.41) is 4.27. The van der Waals surface area contributed by atoms with Crippen molar-refractivity contribution in [3.8, 4) is 0 Å². The highest BCUT2D eigenvalue weighted by atomic mass is 35.5. The second kappa shape index (κ2) is 8.42. The average molecular weight is 321 g/mol. The van der Waals surface area contributed by atoms with Crippen LogP contribution in [0.15, 0.2) is 47.6 Å². The molecule has 2 nitrogen and oxygen atoms in total. The summed E-state index contributed by atoms with van der Waals surface area (Å²) in [7, 11) is 0. The third kappa shape index (κ3) is 4.73. The molecule has 21 heavy (non-hydrogen) atoms. The van der Waals surface area contributed by atoms with Gasteiger partial charge in [0.15, 0.2) is 0 Å². The fourth-order valence-electron chi connectivity index (χ4n) is 2.31. The molecule has 0 bridgehead atoms. The zero-order chi connectivity index (χ0) is 15.1. The first-order valence-corrected chi connectivity index (χ1v) is 8.65. The van der Waals surface area contributed by atoms with Crippen molar-refractivity contribution in [1.82, 2.24) is 10.3 Å². The lowest BCUT2D eigenvalue weighted by Crippen LogP contribution is -2.23. The molecule has 112 valence electrons. The number of pyridine rings is 1. The smallest absolute Gasteiger partial charge is 0.0622 e. The Labute approximate surface area is 136 Å². The van der Waals surface area contributed by atoms with Crippen molar-refractivity contribution in [3.05, 3.63) is 58.9 Å². The molecule has 0 spiro atoms. The molecular formula is C17H21ClN2S. The van der Waals surface area contributed by atoms with Gasteiger partial charge in [-0.25, -0.2) is 0 Å². The van der Waals surface area contributed by atoms with Gasteiger partial charge in [-0.2, -0.15) is 0 Å². The number of rotatable bonds is 7. The van der Waals surface area contributed by atoms with Gasteiger partial charge < -0.3 is 5.32 Å². The molecule has 1 aromatic heterocycles. The number of hydrogen-bond acceptors (Lipinski definition) is 3. The highest BCUT2D eigenvalue weighted by Gasteiger charge is 2.13. The quantitative estimate of drug-likeness (QED) is 0.746. The SMILES string of the molecule is CCNC(Cc1ccncc1Cl)c1ccc(SCC)cc1. The van der Waals surface area contributed by atoms with Gasteiger partial charge in [0.05, 0.1) is 5.02 Å². The Morgan fingerprint density at radius 3 is 2.57 bits per heavy atom. The summed E-state index contributed by atoms with van der Waals surface area (Å²) in [6.07, 6.45) is 4.38. The van der Waals surface area contributed by atoms with Gasteiger partial charge in [-0.05, 0) is 48.0 Å². The minimum atomic E-state index is 0.274. The van der Waals surface area contributed by atoms with Crippen LogP contribution in [0.4, 0.5) is 0 Å². The first-order valence-electron chi connectivity index (χ1n) is 7.29. The van der Waals surface area contributed by atoms with E-state index >= 15 is 0 Å². The van der Waals surface area contributed by atoms with Crippen LogP contribution in [0.2, 0.25) is 5.02 Å².